The molecule has 0 bridgehead atoms. The summed E-state index contributed by atoms with van der Waals surface area (Å²) < 4.78 is 10.5. The molecule has 0 rings (SSSR count). The van der Waals surface area contributed by atoms with Crippen molar-refractivity contribution in [2.45, 2.75) is 156 Å². The van der Waals surface area contributed by atoms with Crippen molar-refractivity contribution in [2.75, 3.05) is 13.2 Å². The van der Waals surface area contributed by atoms with E-state index in [0.29, 0.717) is 12.8 Å². The van der Waals surface area contributed by atoms with Crippen LogP contribution in [0.25, 0.3) is 0 Å². The molecule has 1 N–H and O–H groups in total. The molecule has 0 heterocycles. The molecular formula is C30H58O5. The lowest BCUT2D eigenvalue weighted by molar-refractivity contribution is -0.161. The number of aliphatic hydroxyl groups excluding tert-OH is 1. The third-order valence-electron chi connectivity index (χ3n) is 6.87. The van der Waals surface area contributed by atoms with Gasteiger partial charge in [0, 0.05) is 12.8 Å². The van der Waals surface area contributed by atoms with Crippen LogP contribution in [0.2, 0.25) is 0 Å². The lowest BCUT2D eigenvalue weighted by atomic mass is 9.99. The fourth-order valence-corrected chi connectivity index (χ4v) is 4.18. The predicted octanol–water partition coefficient (Wildman–Crippen LogP) is 8.16. The maximum absolute atomic E-state index is 12.0. The zero-order chi connectivity index (χ0) is 26.2. The Morgan fingerprint density at radius 1 is 0.657 bits per heavy atom. The van der Waals surface area contributed by atoms with Crippen LogP contribution < -0.4 is 0 Å². The van der Waals surface area contributed by atoms with Gasteiger partial charge in [-0.05, 0) is 24.7 Å². The Morgan fingerprint density at radius 3 is 1.60 bits per heavy atom. The summed E-state index contributed by atoms with van der Waals surface area (Å²) in [5.74, 6) is 1.04. The van der Waals surface area contributed by atoms with Crippen LogP contribution in [0.3, 0.4) is 0 Å². The van der Waals surface area contributed by atoms with Gasteiger partial charge in [0.1, 0.15) is 6.61 Å². The number of unbranched alkanes of at least 4 members (excludes halogenated alkanes) is 12. The van der Waals surface area contributed by atoms with Gasteiger partial charge in [0.15, 0.2) is 6.10 Å². The normalized spacial score (nSPS) is 13.1. The van der Waals surface area contributed by atoms with Crippen LogP contribution in [0.1, 0.15) is 150 Å². The maximum Gasteiger partial charge on any atom is 0.306 e. The van der Waals surface area contributed by atoms with Crippen LogP contribution >= 0.6 is 0 Å². The number of carbonyl (C=O) groups excluding carboxylic acids is 2. The Hall–Kier alpha value is -1.10. The lowest BCUT2D eigenvalue weighted by Gasteiger charge is -2.15. The van der Waals surface area contributed by atoms with Crippen LogP contribution in [0.5, 0.6) is 0 Å². The standard InChI is InChI=1S/C30H58O5/c1-5-27(4)21-17-13-8-6-7-9-15-19-23-30(33)35-28(24-31)25-34-29(32)22-18-14-11-10-12-16-20-26(2)3/h26-28,31H,5-25H2,1-4H3/t27?,28-/m0/s1. The Kier molecular flexibility index (Phi) is 23.8. The molecule has 1 unspecified atom stereocenters. The van der Waals surface area contributed by atoms with E-state index in [1.54, 1.807) is 0 Å². The second-order valence-electron chi connectivity index (χ2n) is 10.9. The van der Waals surface area contributed by atoms with Crippen LogP contribution in [0.15, 0.2) is 0 Å². The number of hydrogen-bond acceptors (Lipinski definition) is 5. The number of ether oxygens (including phenoxy) is 2. The molecule has 0 aliphatic rings. The minimum absolute atomic E-state index is 0.0622. The van der Waals surface area contributed by atoms with E-state index in [1.165, 1.54) is 70.6 Å². The van der Waals surface area contributed by atoms with Gasteiger partial charge in [-0.1, -0.05) is 124 Å². The largest absolute Gasteiger partial charge is 0.462 e. The van der Waals surface area contributed by atoms with Crippen molar-refractivity contribution in [3.8, 4) is 0 Å². The fourth-order valence-electron chi connectivity index (χ4n) is 4.18. The van der Waals surface area contributed by atoms with E-state index in [1.807, 2.05) is 0 Å². The Labute approximate surface area is 217 Å². The van der Waals surface area contributed by atoms with E-state index >= 15 is 0 Å². The number of aliphatic hydroxyl groups is 1. The van der Waals surface area contributed by atoms with Crippen molar-refractivity contribution >= 4 is 11.9 Å². The SMILES string of the molecule is CCC(C)CCCCCCCCCCC(=O)O[C@@H](CO)COC(=O)CCCCCCCCC(C)C. The van der Waals surface area contributed by atoms with Crippen molar-refractivity contribution in [3.05, 3.63) is 0 Å². The predicted molar refractivity (Wildman–Crippen MR) is 145 cm³/mol. The van der Waals surface area contributed by atoms with Gasteiger partial charge >= 0.3 is 11.9 Å². The summed E-state index contributed by atoms with van der Waals surface area (Å²) in [5.41, 5.74) is 0. The number of rotatable bonds is 25. The molecule has 0 radical (unpaired) electrons. The molecule has 0 aromatic heterocycles. The van der Waals surface area contributed by atoms with Crippen molar-refractivity contribution in [1.29, 1.82) is 0 Å². The number of esters is 2. The summed E-state index contributed by atoms with van der Waals surface area (Å²) in [5, 5.41) is 9.44. The molecule has 5 nitrogen and oxygen atoms in total. The smallest absolute Gasteiger partial charge is 0.306 e. The topological polar surface area (TPSA) is 72.8 Å². The summed E-state index contributed by atoms with van der Waals surface area (Å²) in [7, 11) is 0. The van der Waals surface area contributed by atoms with Gasteiger partial charge in [-0.2, -0.15) is 0 Å². The molecular weight excluding hydrogens is 440 g/mol. The van der Waals surface area contributed by atoms with Crippen LogP contribution in [0.4, 0.5) is 0 Å². The molecule has 5 heteroatoms. The van der Waals surface area contributed by atoms with E-state index < -0.39 is 6.10 Å². The highest BCUT2D eigenvalue weighted by Gasteiger charge is 2.16. The third kappa shape index (κ3) is 24.4. The van der Waals surface area contributed by atoms with Crippen molar-refractivity contribution in [2.24, 2.45) is 11.8 Å². The highest BCUT2D eigenvalue weighted by Crippen LogP contribution is 2.15. The van der Waals surface area contributed by atoms with Gasteiger partial charge in [0.2, 0.25) is 0 Å². The number of hydrogen-bond donors (Lipinski definition) is 1. The van der Waals surface area contributed by atoms with E-state index in [-0.39, 0.29) is 25.2 Å². The summed E-state index contributed by atoms with van der Waals surface area (Å²) in [6.45, 7) is 8.72. The molecule has 208 valence electrons. The first-order valence-electron chi connectivity index (χ1n) is 14.8. The first kappa shape index (κ1) is 33.9. The maximum atomic E-state index is 12.0. The summed E-state index contributed by atoms with van der Waals surface area (Å²) in [6.07, 6.45) is 20.2. The Morgan fingerprint density at radius 2 is 1.11 bits per heavy atom. The molecule has 0 amide bonds. The van der Waals surface area contributed by atoms with Crippen LogP contribution in [-0.2, 0) is 19.1 Å². The molecule has 0 aliphatic carbocycles. The van der Waals surface area contributed by atoms with Gasteiger partial charge < -0.3 is 14.6 Å². The Balaban J connectivity index is 3.62. The fraction of sp³-hybridized carbons (Fsp3) is 0.933. The van der Waals surface area contributed by atoms with Gasteiger partial charge in [-0.15, -0.1) is 0 Å². The monoisotopic (exact) mass is 498 g/mol. The third-order valence-corrected chi connectivity index (χ3v) is 6.87. The summed E-state index contributed by atoms with van der Waals surface area (Å²) in [4.78, 5) is 23.9. The zero-order valence-electron chi connectivity index (χ0n) is 23.7. The highest BCUT2D eigenvalue weighted by atomic mass is 16.6. The minimum atomic E-state index is -0.761. The van der Waals surface area contributed by atoms with E-state index in [9.17, 15) is 14.7 Å². The molecule has 0 aromatic carbocycles. The van der Waals surface area contributed by atoms with Crippen LogP contribution in [0, 0.1) is 11.8 Å². The molecule has 0 aliphatic heterocycles. The minimum Gasteiger partial charge on any atom is -0.462 e. The van der Waals surface area contributed by atoms with E-state index in [4.69, 9.17) is 9.47 Å². The molecule has 0 fully saturated rings. The molecule has 0 aromatic rings. The number of carbonyl (C=O) groups is 2. The van der Waals surface area contributed by atoms with Gasteiger partial charge in [-0.3, -0.25) is 9.59 Å². The van der Waals surface area contributed by atoms with Gasteiger partial charge in [0.25, 0.3) is 0 Å². The average molecular weight is 499 g/mol. The molecule has 35 heavy (non-hydrogen) atoms. The van der Waals surface area contributed by atoms with Crippen molar-refractivity contribution in [1.82, 2.24) is 0 Å². The zero-order valence-corrected chi connectivity index (χ0v) is 23.7. The first-order valence-corrected chi connectivity index (χ1v) is 14.8. The lowest BCUT2D eigenvalue weighted by Crippen LogP contribution is -2.28. The molecule has 0 saturated heterocycles. The van der Waals surface area contributed by atoms with E-state index in [0.717, 1.165) is 50.4 Å². The Bertz CT molecular complexity index is 491. The highest BCUT2D eigenvalue weighted by molar-refractivity contribution is 5.70. The van der Waals surface area contributed by atoms with E-state index in [2.05, 4.69) is 27.7 Å². The molecule has 0 saturated carbocycles. The second-order valence-corrected chi connectivity index (χ2v) is 10.9. The molecule has 0 spiro atoms. The average Bonchev–Trinajstić information content (AvgIpc) is 2.83. The first-order chi connectivity index (χ1) is 16.9. The van der Waals surface area contributed by atoms with Crippen LogP contribution in [-0.4, -0.2) is 36.4 Å². The quantitative estimate of drug-likeness (QED) is 0.101. The summed E-state index contributed by atoms with van der Waals surface area (Å²) in [6, 6.07) is 0. The van der Waals surface area contributed by atoms with Gasteiger partial charge in [-0.25, -0.2) is 0 Å². The van der Waals surface area contributed by atoms with Gasteiger partial charge in [0.05, 0.1) is 6.61 Å². The summed E-state index contributed by atoms with van der Waals surface area (Å²) >= 11 is 0. The van der Waals surface area contributed by atoms with Crippen molar-refractivity contribution in [3.63, 3.8) is 0 Å². The molecule has 2 atom stereocenters. The second kappa shape index (κ2) is 24.6. The van der Waals surface area contributed by atoms with Crippen molar-refractivity contribution < 1.29 is 24.2 Å².